The average molecular weight is 486 g/mol. The van der Waals surface area contributed by atoms with Crippen molar-refractivity contribution in [2.75, 3.05) is 48.0 Å². The number of rotatable bonds is 6. The highest BCUT2D eigenvalue weighted by Crippen LogP contribution is 2.27. The Morgan fingerprint density at radius 1 is 1.03 bits per heavy atom. The molecular formula is C22H31N9O2S. The van der Waals surface area contributed by atoms with Gasteiger partial charge in [-0.3, -0.25) is 0 Å². The summed E-state index contributed by atoms with van der Waals surface area (Å²) in [6, 6.07) is 4.32. The van der Waals surface area contributed by atoms with E-state index in [2.05, 4.69) is 30.5 Å². The van der Waals surface area contributed by atoms with Gasteiger partial charge in [-0.2, -0.15) is 14.3 Å². The van der Waals surface area contributed by atoms with E-state index in [0.717, 1.165) is 41.4 Å². The maximum atomic E-state index is 11.8. The predicted octanol–water partition coefficient (Wildman–Crippen LogP) is 2.63. The third-order valence-electron chi connectivity index (χ3n) is 6.57. The summed E-state index contributed by atoms with van der Waals surface area (Å²) in [5.74, 6) is 2.06. The van der Waals surface area contributed by atoms with Gasteiger partial charge in [0, 0.05) is 32.2 Å². The fraction of sp³-hybridized carbons (Fsp3) is 0.545. The molecule has 0 radical (unpaired) electrons. The molecule has 3 N–H and O–H groups in total. The van der Waals surface area contributed by atoms with E-state index in [1.54, 1.807) is 6.33 Å². The molecule has 11 nitrogen and oxygen atoms in total. The lowest BCUT2D eigenvalue weighted by atomic mass is 9.95. The Balaban J connectivity index is 1.32. The highest BCUT2D eigenvalue weighted by atomic mass is 32.2. The second-order valence-electron chi connectivity index (χ2n) is 9.05. The molecule has 0 amide bonds. The van der Waals surface area contributed by atoms with E-state index in [9.17, 15) is 8.42 Å². The van der Waals surface area contributed by atoms with E-state index in [1.807, 2.05) is 19.1 Å². The normalized spacial score (nSPS) is 18.4. The van der Waals surface area contributed by atoms with Crippen molar-refractivity contribution in [1.82, 2.24) is 29.2 Å². The standard InChI is InChI=1S/C22H31N9O2S/c1-15-17(8-9-18(25-15)30-10-12-31(13-11-30)34(2,32)33)27-22-28-20-19(23-14-24-20)21(29-22)26-16-6-4-3-5-7-16/h8-9,14,16H,3-7,10-13H2,1-2H3,(H3,23,24,26,27,28,29). The Labute approximate surface area is 199 Å². The summed E-state index contributed by atoms with van der Waals surface area (Å²) in [5, 5.41) is 6.88. The Morgan fingerprint density at radius 2 is 1.79 bits per heavy atom. The smallest absolute Gasteiger partial charge is 0.231 e. The molecule has 182 valence electrons. The van der Waals surface area contributed by atoms with E-state index in [1.165, 1.54) is 29.8 Å². The maximum absolute atomic E-state index is 11.8. The first-order valence-electron chi connectivity index (χ1n) is 11.8. The van der Waals surface area contributed by atoms with Crippen LogP contribution in [0.2, 0.25) is 0 Å². The summed E-state index contributed by atoms with van der Waals surface area (Å²) in [4.78, 5) is 23.7. The molecule has 34 heavy (non-hydrogen) atoms. The lowest BCUT2D eigenvalue weighted by Gasteiger charge is -2.34. The minimum atomic E-state index is -3.16. The molecule has 0 atom stereocenters. The summed E-state index contributed by atoms with van der Waals surface area (Å²) in [7, 11) is -3.16. The minimum absolute atomic E-state index is 0.405. The molecule has 12 heteroatoms. The number of nitrogens with zero attached hydrogens (tertiary/aromatic N) is 6. The number of imidazole rings is 1. The highest BCUT2D eigenvalue weighted by molar-refractivity contribution is 7.88. The van der Waals surface area contributed by atoms with Crippen molar-refractivity contribution in [3.05, 3.63) is 24.2 Å². The maximum Gasteiger partial charge on any atom is 0.231 e. The lowest BCUT2D eigenvalue weighted by molar-refractivity contribution is 0.387. The number of aromatic nitrogens is 5. The molecule has 5 rings (SSSR count). The fourth-order valence-electron chi connectivity index (χ4n) is 4.66. The van der Waals surface area contributed by atoms with Gasteiger partial charge >= 0.3 is 0 Å². The summed E-state index contributed by atoms with van der Waals surface area (Å²) in [6.45, 7) is 4.10. The van der Waals surface area contributed by atoms with Gasteiger partial charge in [0.25, 0.3) is 0 Å². The number of H-pyrrole nitrogens is 1. The fourth-order valence-corrected chi connectivity index (χ4v) is 5.48. The van der Waals surface area contributed by atoms with Crippen LogP contribution >= 0.6 is 0 Å². The first kappa shape index (κ1) is 22.8. The quantitative estimate of drug-likeness (QED) is 0.482. The van der Waals surface area contributed by atoms with Crippen LogP contribution in [-0.4, -0.2) is 76.1 Å². The minimum Gasteiger partial charge on any atom is -0.365 e. The van der Waals surface area contributed by atoms with Crippen LogP contribution in [0.15, 0.2) is 18.5 Å². The molecule has 0 spiro atoms. The number of pyridine rings is 1. The molecule has 2 fully saturated rings. The first-order valence-corrected chi connectivity index (χ1v) is 13.6. The van der Waals surface area contributed by atoms with E-state index in [-0.39, 0.29) is 0 Å². The van der Waals surface area contributed by atoms with Gasteiger partial charge < -0.3 is 20.5 Å². The largest absolute Gasteiger partial charge is 0.365 e. The summed E-state index contributed by atoms with van der Waals surface area (Å²) in [6.07, 6.45) is 8.94. The third-order valence-corrected chi connectivity index (χ3v) is 7.88. The topological polar surface area (TPSA) is 132 Å². The van der Waals surface area contributed by atoms with Gasteiger partial charge in [-0.25, -0.2) is 18.4 Å². The Bertz CT molecular complexity index is 1260. The third kappa shape index (κ3) is 4.92. The van der Waals surface area contributed by atoms with Crippen LogP contribution in [-0.2, 0) is 10.0 Å². The molecule has 1 saturated heterocycles. The molecule has 4 heterocycles. The van der Waals surface area contributed by atoms with Crippen LogP contribution in [0.25, 0.3) is 11.2 Å². The molecule has 0 unspecified atom stereocenters. The Hall–Kier alpha value is -2.99. The van der Waals surface area contributed by atoms with Crippen molar-refractivity contribution >= 4 is 44.5 Å². The van der Waals surface area contributed by atoms with Crippen molar-refractivity contribution in [3.8, 4) is 0 Å². The van der Waals surface area contributed by atoms with Crippen molar-refractivity contribution in [2.45, 2.75) is 45.1 Å². The highest BCUT2D eigenvalue weighted by Gasteiger charge is 2.24. The van der Waals surface area contributed by atoms with E-state index < -0.39 is 10.0 Å². The monoisotopic (exact) mass is 485 g/mol. The molecule has 1 aliphatic carbocycles. The van der Waals surface area contributed by atoms with Crippen molar-refractivity contribution < 1.29 is 8.42 Å². The van der Waals surface area contributed by atoms with Gasteiger partial charge in [0.05, 0.1) is 24.0 Å². The second-order valence-corrected chi connectivity index (χ2v) is 11.0. The van der Waals surface area contributed by atoms with Gasteiger partial charge in [0.2, 0.25) is 16.0 Å². The number of hydrogen-bond acceptors (Lipinski definition) is 9. The summed E-state index contributed by atoms with van der Waals surface area (Å²) < 4.78 is 25.0. The van der Waals surface area contributed by atoms with Crippen LogP contribution in [0, 0.1) is 6.92 Å². The molecule has 2 aliphatic rings. The molecule has 0 bridgehead atoms. The lowest BCUT2D eigenvalue weighted by Crippen LogP contribution is -2.48. The summed E-state index contributed by atoms with van der Waals surface area (Å²) >= 11 is 0. The Kier molecular flexibility index (Phi) is 6.26. The van der Waals surface area contributed by atoms with Gasteiger partial charge in [-0.15, -0.1) is 0 Å². The van der Waals surface area contributed by atoms with Gasteiger partial charge in [-0.1, -0.05) is 19.3 Å². The SMILES string of the molecule is Cc1nc(N2CCN(S(C)(=O)=O)CC2)ccc1Nc1nc(NC2CCCCC2)c2nc[nH]c2n1. The number of nitrogens with one attached hydrogen (secondary N) is 3. The zero-order valence-electron chi connectivity index (χ0n) is 19.6. The van der Waals surface area contributed by atoms with E-state index in [0.29, 0.717) is 43.8 Å². The zero-order chi connectivity index (χ0) is 23.7. The Morgan fingerprint density at radius 3 is 2.50 bits per heavy atom. The van der Waals surface area contributed by atoms with Gasteiger partial charge in [0.1, 0.15) is 11.3 Å². The van der Waals surface area contributed by atoms with Crippen molar-refractivity contribution in [2.24, 2.45) is 0 Å². The average Bonchev–Trinajstić information content (AvgIpc) is 3.30. The summed E-state index contributed by atoms with van der Waals surface area (Å²) in [5.41, 5.74) is 3.07. The number of piperazine rings is 1. The van der Waals surface area contributed by atoms with E-state index in [4.69, 9.17) is 9.97 Å². The molecule has 3 aromatic heterocycles. The van der Waals surface area contributed by atoms with Crippen LogP contribution in [0.1, 0.15) is 37.8 Å². The zero-order valence-corrected chi connectivity index (χ0v) is 20.4. The number of anilines is 4. The number of fused-ring (bicyclic) bond motifs is 1. The second kappa shape index (κ2) is 9.34. The predicted molar refractivity (Wildman–Crippen MR) is 133 cm³/mol. The van der Waals surface area contributed by atoms with Gasteiger partial charge in [-0.05, 0) is 31.9 Å². The number of hydrogen-bond donors (Lipinski definition) is 3. The number of sulfonamides is 1. The number of aryl methyl sites for hydroxylation is 1. The van der Waals surface area contributed by atoms with Crippen molar-refractivity contribution in [1.29, 1.82) is 0 Å². The van der Waals surface area contributed by atoms with Crippen LogP contribution in [0.4, 0.5) is 23.3 Å². The van der Waals surface area contributed by atoms with E-state index >= 15 is 0 Å². The van der Waals surface area contributed by atoms with Crippen LogP contribution in [0.5, 0.6) is 0 Å². The molecule has 3 aromatic rings. The molecule has 1 aliphatic heterocycles. The van der Waals surface area contributed by atoms with Gasteiger partial charge in [0.15, 0.2) is 11.5 Å². The molecule has 0 aromatic carbocycles. The molecule has 1 saturated carbocycles. The number of aromatic amines is 1. The first-order chi connectivity index (χ1) is 16.4. The van der Waals surface area contributed by atoms with Crippen LogP contribution < -0.4 is 15.5 Å². The molecular weight excluding hydrogens is 454 g/mol. The van der Waals surface area contributed by atoms with Crippen molar-refractivity contribution in [3.63, 3.8) is 0 Å². The van der Waals surface area contributed by atoms with Crippen LogP contribution in [0.3, 0.4) is 0 Å².